The van der Waals surface area contributed by atoms with Gasteiger partial charge >= 0.3 is 74.5 Å². The summed E-state index contributed by atoms with van der Waals surface area (Å²) in [7, 11) is -2.96. The van der Waals surface area contributed by atoms with Crippen molar-refractivity contribution >= 4 is 44.8 Å². The summed E-state index contributed by atoms with van der Waals surface area (Å²) in [6.45, 7) is 4.20. The number of anilines is 1. The van der Waals surface area contributed by atoms with Crippen LogP contribution in [0.25, 0.3) is 17.2 Å². The third kappa shape index (κ3) is 6.47. The van der Waals surface area contributed by atoms with E-state index in [9.17, 15) is 17.8 Å². The van der Waals surface area contributed by atoms with Crippen LogP contribution < -0.4 is 70.8 Å². The summed E-state index contributed by atoms with van der Waals surface area (Å²) in [5.41, 5.74) is 2.80. The summed E-state index contributed by atoms with van der Waals surface area (Å²) in [5.74, 6) is -0.123. The number of rotatable bonds is 8. The topological polar surface area (TPSA) is 127 Å². The van der Waals surface area contributed by atoms with E-state index in [4.69, 9.17) is 18.7 Å². The van der Waals surface area contributed by atoms with E-state index in [1.165, 1.54) is 17.9 Å². The largest absolute Gasteiger partial charge is 1.00 e. The minimum absolute atomic E-state index is 0. The van der Waals surface area contributed by atoms with Gasteiger partial charge in [0, 0.05) is 30.5 Å². The summed E-state index contributed by atoms with van der Waals surface area (Å²) in [5, 5.41) is 0. The molecule has 0 saturated carbocycles. The maximum atomic E-state index is 12.7. The van der Waals surface area contributed by atoms with Crippen molar-refractivity contribution in [2.45, 2.75) is 6.42 Å². The van der Waals surface area contributed by atoms with Crippen molar-refractivity contribution in [3.63, 3.8) is 0 Å². The normalized spacial score (nSPS) is 17.6. The van der Waals surface area contributed by atoms with Crippen molar-refractivity contribution in [1.82, 2.24) is 0 Å². The van der Waals surface area contributed by atoms with E-state index in [-0.39, 0.29) is 75.9 Å². The second-order valence-corrected chi connectivity index (χ2v) is 9.98. The van der Waals surface area contributed by atoms with Gasteiger partial charge in [-0.3, -0.25) is 4.84 Å². The van der Waals surface area contributed by atoms with E-state index in [0.717, 1.165) is 5.52 Å². The SMILES string of the molecule is C=[n+]1c(=CC=CC2=[N+](OC)C(=CC=C3Oc4ccccc4N3CCCS(=O)(=O)[O-])C(=O)O2)oc2ccccc21.[K+]. The molecule has 0 atom stereocenters. The first-order valence-corrected chi connectivity index (χ1v) is 13.4. The number of ether oxygens (including phenoxy) is 2. The molecular formula is C27H24KN3O8S+2. The molecule has 11 nitrogen and oxygen atoms in total. The zero-order chi connectivity index (χ0) is 27.6. The Hall–Kier alpha value is -3.04. The fourth-order valence-electron chi connectivity index (χ4n) is 4.16. The van der Waals surface area contributed by atoms with Gasteiger partial charge in [-0.25, -0.2) is 13.2 Å². The van der Waals surface area contributed by atoms with Crippen LogP contribution in [0.4, 0.5) is 5.69 Å². The third-order valence-corrected chi connectivity index (χ3v) is 6.71. The number of benzene rings is 2. The molecule has 1 aromatic heterocycles. The Morgan fingerprint density at radius 2 is 1.82 bits per heavy atom. The van der Waals surface area contributed by atoms with Crippen LogP contribution in [0, 0.1) is 6.72 Å². The Morgan fingerprint density at radius 1 is 1.07 bits per heavy atom. The van der Waals surface area contributed by atoms with E-state index in [1.807, 2.05) is 36.4 Å². The van der Waals surface area contributed by atoms with E-state index in [0.29, 0.717) is 28.4 Å². The molecule has 40 heavy (non-hydrogen) atoms. The fourth-order valence-corrected chi connectivity index (χ4v) is 4.65. The molecule has 5 rings (SSSR count). The molecule has 0 saturated heterocycles. The van der Waals surface area contributed by atoms with E-state index in [2.05, 4.69) is 6.72 Å². The Balaban J connectivity index is 0.00000370. The minimum Gasteiger partial charge on any atom is -0.748 e. The van der Waals surface area contributed by atoms with Crippen molar-refractivity contribution < 1.29 is 96.9 Å². The van der Waals surface area contributed by atoms with Gasteiger partial charge in [0.25, 0.3) is 5.52 Å². The number of hydrogen-bond donors (Lipinski definition) is 0. The van der Waals surface area contributed by atoms with Crippen LogP contribution in [0.15, 0.2) is 88.8 Å². The van der Waals surface area contributed by atoms with Gasteiger partial charge in [-0.2, -0.15) is 0 Å². The van der Waals surface area contributed by atoms with Crippen molar-refractivity contribution in [2.75, 3.05) is 24.3 Å². The first-order valence-electron chi connectivity index (χ1n) is 11.8. The number of nitrogens with zero attached hydrogens (tertiary/aromatic N) is 3. The van der Waals surface area contributed by atoms with Crippen LogP contribution in [-0.4, -0.2) is 49.0 Å². The van der Waals surface area contributed by atoms with Crippen LogP contribution in [0.1, 0.15) is 6.42 Å². The summed E-state index contributed by atoms with van der Waals surface area (Å²) in [4.78, 5) is 19.8. The molecule has 0 spiro atoms. The fraction of sp³-hybridized carbons (Fsp3) is 0.148. The maximum Gasteiger partial charge on any atom is 1.00 e. The number of esters is 1. The van der Waals surface area contributed by atoms with Gasteiger partial charge in [0.1, 0.15) is 13.8 Å². The van der Waals surface area contributed by atoms with Crippen molar-refractivity contribution in [3.8, 4) is 5.75 Å². The first-order chi connectivity index (χ1) is 18.7. The number of allylic oxidation sites excluding steroid dienone is 3. The zero-order valence-corrected chi connectivity index (χ0v) is 25.8. The van der Waals surface area contributed by atoms with Gasteiger partial charge in [0.05, 0.1) is 32.7 Å². The average molecular weight is 590 g/mol. The summed E-state index contributed by atoms with van der Waals surface area (Å²) >= 11 is 0. The Kier molecular flexibility index (Phi) is 9.46. The van der Waals surface area contributed by atoms with Gasteiger partial charge in [0.2, 0.25) is 11.5 Å². The van der Waals surface area contributed by atoms with Gasteiger partial charge in [-0.15, -0.1) is 4.24 Å². The van der Waals surface area contributed by atoms with Crippen molar-refractivity contribution in [3.05, 3.63) is 96.7 Å². The number of para-hydroxylation sites is 4. The number of fused-ring (bicyclic) bond motifs is 2. The molecule has 2 aliphatic heterocycles. The van der Waals surface area contributed by atoms with Gasteiger partial charge in [-0.05, 0) is 30.7 Å². The van der Waals surface area contributed by atoms with Crippen LogP contribution in [-0.2, 0) is 24.5 Å². The Morgan fingerprint density at radius 3 is 2.58 bits per heavy atom. The second kappa shape index (κ2) is 12.6. The maximum absolute atomic E-state index is 12.7. The first kappa shape index (κ1) is 29.9. The standard InChI is InChI=1S/C27H24N3O8S.K/c1-28-19-9-3-5-11-22(19)36-24(28)13-7-14-26-30(35-2)21(27(31)38-26)15-16-25-29(17-8-18-39(32,33)34)20-10-4-6-12-23(20)37-25;/h3-7,9-16H,1,8,17-18H2,2H3;/q2*+1. The predicted octanol–water partition coefficient (Wildman–Crippen LogP) is -1.21. The quantitative estimate of drug-likeness (QED) is 0.105. The van der Waals surface area contributed by atoms with Crippen LogP contribution >= 0.6 is 0 Å². The number of aromatic nitrogens is 1. The molecule has 0 unspecified atom stereocenters. The molecule has 0 radical (unpaired) electrons. The Labute approximate surface area is 272 Å². The number of carbonyl (C=O) groups excluding carboxylic acids is 1. The third-order valence-electron chi connectivity index (χ3n) is 5.92. The molecule has 200 valence electrons. The monoisotopic (exact) mass is 589 g/mol. The van der Waals surface area contributed by atoms with Gasteiger partial charge in [-0.1, -0.05) is 24.3 Å². The molecule has 13 heteroatoms. The molecule has 0 aliphatic carbocycles. The Bertz CT molecular complexity index is 1810. The predicted molar refractivity (Wildman–Crippen MR) is 139 cm³/mol. The van der Waals surface area contributed by atoms with Crippen LogP contribution in [0.2, 0.25) is 0 Å². The molecule has 3 heterocycles. The van der Waals surface area contributed by atoms with E-state index in [1.54, 1.807) is 45.6 Å². The smallest absolute Gasteiger partial charge is 0.748 e. The van der Waals surface area contributed by atoms with Gasteiger partial charge in [0.15, 0.2) is 5.75 Å². The molecule has 0 bridgehead atoms. The molecule has 0 fully saturated rings. The second-order valence-electron chi connectivity index (χ2n) is 8.46. The summed E-state index contributed by atoms with van der Waals surface area (Å²) in [6, 6.07) is 14.7. The van der Waals surface area contributed by atoms with Gasteiger partial charge < -0.3 is 23.3 Å². The number of hydrogen-bond acceptors (Lipinski definition) is 9. The molecular weight excluding hydrogens is 565 g/mol. The van der Waals surface area contributed by atoms with Crippen molar-refractivity contribution in [2.24, 2.45) is 0 Å². The van der Waals surface area contributed by atoms with Crippen LogP contribution in [0.5, 0.6) is 5.75 Å². The molecule has 2 aliphatic rings. The molecule has 2 aromatic carbocycles. The summed E-state index contributed by atoms with van der Waals surface area (Å²) in [6.07, 6.45) is 7.97. The summed E-state index contributed by atoms with van der Waals surface area (Å²) < 4.78 is 53.1. The number of cyclic esters (lactones) is 1. The average Bonchev–Trinajstić information content (AvgIpc) is 3.53. The zero-order valence-electron chi connectivity index (χ0n) is 21.8. The molecule has 3 aromatic rings. The minimum atomic E-state index is -4.35. The molecule has 0 amide bonds. The van der Waals surface area contributed by atoms with E-state index < -0.39 is 21.8 Å². The van der Waals surface area contributed by atoms with E-state index >= 15 is 0 Å². The van der Waals surface area contributed by atoms with Crippen molar-refractivity contribution in [1.29, 1.82) is 0 Å². The number of hydroxylamine groups is 1. The molecule has 0 N–H and O–H groups in total. The number of carbonyl (C=O) groups is 1. The van der Waals surface area contributed by atoms with Crippen LogP contribution in [0.3, 0.4) is 0 Å². The number of oxazole rings is 1.